The molecule has 28 heavy (non-hydrogen) atoms. The Hall–Kier alpha value is -2.57. The minimum Gasteiger partial charge on any atom is -0.272 e. The van der Waals surface area contributed by atoms with Gasteiger partial charge in [0.15, 0.2) is 0 Å². The lowest BCUT2D eigenvalue weighted by molar-refractivity contribution is -0.118. The average Bonchev–Trinajstić information content (AvgIpc) is 2.95. The molecule has 0 unspecified atom stereocenters. The van der Waals surface area contributed by atoms with Crippen LogP contribution in [0.15, 0.2) is 64.6 Å². The largest absolute Gasteiger partial charge is 0.272 e. The number of amides is 1. The maximum Gasteiger partial charge on any atom is 0.250 e. The molecule has 0 bridgehead atoms. The molecule has 0 spiro atoms. The second-order valence-electron chi connectivity index (χ2n) is 6.26. The molecule has 1 N–H and O–H groups in total. The van der Waals surface area contributed by atoms with Crippen molar-refractivity contribution < 1.29 is 4.79 Å². The highest BCUT2D eigenvalue weighted by Gasteiger charge is 2.10. The second-order valence-corrected chi connectivity index (χ2v) is 7.75. The van der Waals surface area contributed by atoms with Gasteiger partial charge in [0.2, 0.25) is 5.91 Å². The Kier molecular flexibility index (Phi) is 6.90. The third kappa shape index (κ3) is 5.47. The van der Waals surface area contributed by atoms with E-state index in [1.807, 2.05) is 48.9 Å². The molecule has 0 fully saturated rings. The van der Waals surface area contributed by atoms with Crippen LogP contribution in [0.4, 0.5) is 0 Å². The quantitative estimate of drug-likeness (QED) is 0.354. The van der Waals surface area contributed by atoms with Crippen LogP contribution in [-0.2, 0) is 11.3 Å². The van der Waals surface area contributed by atoms with Crippen LogP contribution in [0, 0.1) is 13.8 Å². The van der Waals surface area contributed by atoms with Crippen molar-refractivity contribution in [1.29, 1.82) is 0 Å². The van der Waals surface area contributed by atoms with Crippen molar-refractivity contribution in [2.24, 2.45) is 5.10 Å². The number of hydrogen-bond donors (Lipinski definition) is 1. The zero-order valence-corrected chi connectivity index (χ0v) is 17.3. The first kappa shape index (κ1) is 20.2. The lowest BCUT2D eigenvalue weighted by Crippen LogP contribution is -2.19. The maximum absolute atomic E-state index is 12.0. The highest BCUT2D eigenvalue weighted by atomic mass is 35.5. The summed E-state index contributed by atoms with van der Waals surface area (Å²) in [6, 6.07) is 17.6. The van der Waals surface area contributed by atoms with Crippen molar-refractivity contribution in [1.82, 2.24) is 15.2 Å². The monoisotopic (exact) mass is 412 g/mol. The summed E-state index contributed by atoms with van der Waals surface area (Å²) in [6.45, 7) is 4.64. The van der Waals surface area contributed by atoms with Crippen LogP contribution in [-0.4, -0.2) is 27.7 Å². The number of nitrogens with one attached hydrogen (secondary N) is 1. The van der Waals surface area contributed by atoms with Gasteiger partial charge in [0.05, 0.1) is 24.2 Å². The normalized spacial score (nSPS) is 11.1. The van der Waals surface area contributed by atoms with Crippen LogP contribution in [0.5, 0.6) is 0 Å². The summed E-state index contributed by atoms with van der Waals surface area (Å²) < 4.78 is 1.95. The summed E-state index contributed by atoms with van der Waals surface area (Å²) in [7, 11) is 0. The molecule has 3 rings (SSSR count). The number of carbonyl (C=O) groups excluding carboxylic acids is 1. The molecule has 3 aromatic rings. The number of benzene rings is 2. The van der Waals surface area contributed by atoms with Gasteiger partial charge in [-0.25, -0.2) is 5.43 Å². The standard InChI is InChI=1S/C21H21ClN4OS/c1-15-20(16(2)26(25-15)13-17-6-4-3-5-7-17)12-23-24-21(27)14-28-19-10-8-18(22)9-11-19/h3-12H,13-14H2,1-2H3,(H,24,27)/b23-12-. The van der Waals surface area contributed by atoms with Crippen molar-refractivity contribution in [2.45, 2.75) is 25.3 Å². The summed E-state index contributed by atoms with van der Waals surface area (Å²) >= 11 is 7.29. The van der Waals surface area contributed by atoms with E-state index in [0.717, 1.165) is 21.8 Å². The van der Waals surface area contributed by atoms with Crippen molar-refractivity contribution in [3.8, 4) is 0 Å². The second kappa shape index (κ2) is 9.57. The van der Waals surface area contributed by atoms with E-state index in [0.29, 0.717) is 11.6 Å². The number of thioether (sulfide) groups is 1. The van der Waals surface area contributed by atoms with Gasteiger partial charge in [-0.05, 0) is 43.7 Å². The predicted molar refractivity (Wildman–Crippen MR) is 115 cm³/mol. The van der Waals surface area contributed by atoms with E-state index in [1.165, 1.54) is 17.3 Å². The summed E-state index contributed by atoms with van der Waals surface area (Å²) in [5, 5.41) is 9.36. The van der Waals surface area contributed by atoms with Crippen molar-refractivity contribution in [3.63, 3.8) is 0 Å². The van der Waals surface area contributed by atoms with Gasteiger partial charge < -0.3 is 0 Å². The predicted octanol–water partition coefficient (Wildman–Crippen LogP) is 4.44. The molecule has 5 nitrogen and oxygen atoms in total. The number of nitrogens with zero attached hydrogens (tertiary/aromatic N) is 3. The molecular weight excluding hydrogens is 392 g/mol. The first-order valence-corrected chi connectivity index (χ1v) is 10.2. The van der Waals surface area contributed by atoms with E-state index < -0.39 is 0 Å². The minimum atomic E-state index is -0.164. The Bertz CT molecular complexity index is 968. The number of aromatic nitrogens is 2. The first-order chi connectivity index (χ1) is 13.5. The summed E-state index contributed by atoms with van der Waals surface area (Å²) in [4.78, 5) is 13.0. The van der Waals surface area contributed by atoms with Crippen LogP contribution >= 0.6 is 23.4 Å². The fourth-order valence-electron chi connectivity index (χ4n) is 2.69. The van der Waals surface area contributed by atoms with Gasteiger partial charge in [-0.2, -0.15) is 10.2 Å². The van der Waals surface area contributed by atoms with Gasteiger partial charge in [0.1, 0.15) is 0 Å². The van der Waals surface area contributed by atoms with E-state index in [-0.39, 0.29) is 11.7 Å². The maximum atomic E-state index is 12.0. The summed E-state index contributed by atoms with van der Waals surface area (Å²) in [6.07, 6.45) is 1.66. The molecule has 1 aromatic heterocycles. The Morgan fingerprint density at radius 1 is 1.18 bits per heavy atom. The van der Waals surface area contributed by atoms with Crippen LogP contribution < -0.4 is 5.43 Å². The molecule has 7 heteroatoms. The molecular formula is C21H21ClN4OS. The van der Waals surface area contributed by atoms with Crippen molar-refractivity contribution in [2.75, 3.05) is 5.75 Å². The lowest BCUT2D eigenvalue weighted by atomic mass is 10.2. The topological polar surface area (TPSA) is 59.3 Å². The van der Waals surface area contributed by atoms with Gasteiger partial charge in [0, 0.05) is 21.2 Å². The Morgan fingerprint density at radius 3 is 2.61 bits per heavy atom. The zero-order valence-electron chi connectivity index (χ0n) is 15.7. The molecule has 1 amide bonds. The summed E-state index contributed by atoms with van der Waals surface area (Å²) in [5.41, 5.74) is 6.56. The van der Waals surface area contributed by atoms with Crippen LogP contribution in [0.3, 0.4) is 0 Å². The molecule has 0 atom stereocenters. The number of halogens is 1. The number of hydrogen-bond acceptors (Lipinski definition) is 4. The molecule has 144 valence electrons. The van der Waals surface area contributed by atoms with E-state index in [1.54, 1.807) is 18.3 Å². The van der Waals surface area contributed by atoms with E-state index in [9.17, 15) is 4.79 Å². The van der Waals surface area contributed by atoms with Crippen LogP contribution in [0.1, 0.15) is 22.5 Å². The molecule has 1 heterocycles. The number of aryl methyl sites for hydroxylation is 1. The number of hydrazone groups is 1. The molecule has 0 saturated carbocycles. The van der Waals surface area contributed by atoms with E-state index in [4.69, 9.17) is 11.6 Å². The van der Waals surface area contributed by atoms with Gasteiger partial charge in [-0.3, -0.25) is 9.48 Å². The fourth-order valence-corrected chi connectivity index (χ4v) is 3.51. The molecule has 0 aliphatic rings. The zero-order chi connectivity index (χ0) is 19.9. The first-order valence-electron chi connectivity index (χ1n) is 8.81. The Labute approximate surface area is 173 Å². The lowest BCUT2D eigenvalue weighted by Gasteiger charge is -2.04. The van der Waals surface area contributed by atoms with E-state index >= 15 is 0 Å². The number of carbonyl (C=O) groups is 1. The Morgan fingerprint density at radius 2 is 1.89 bits per heavy atom. The molecule has 2 aromatic carbocycles. The molecule has 0 radical (unpaired) electrons. The van der Waals surface area contributed by atoms with Crippen molar-refractivity contribution in [3.05, 3.63) is 82.1 Å². The summed E-state index contributed by atoms with van der Waals surface area (Å²) in [5.74, 6) is 0.118. The Balaban J connectivity index is 1.56. The molecule has 0 aliphatic heterocycles. The third-order valence-electron chi connectivity index (χ3n) is 4.18. The number of rotatable bonds is 7. The van der Waals surface area contributed by atoms with Crippen LogP contribution in [0.25, 0.3) is 0 Å². The SMILES string of the molecule is Cc1nn(Cc2ccccc2)c(C)c1/C=N\NC(=O)CSc1ccc(Cl)cc1. The minimum absolute atomic E-state index is 0.164. The van der Waals surface area contributed by atoms with E-state index in [2.05, 4.69) is 27.8 Å². The highest BCUT2D eigenvalue weighted by molar-refractivity contribution is 8.00. The van der Waals surface area contributed by atoms with Crippen molar-refractivity contribution >= 4 is 35.5 Å². The van der Waals surface area contributed by atoms with Gasteiger partial charge >= 0.3 is 0 Å². The molecule has 0 aliphatic carbocycles. The highest BCUT2D eigenvalue weighted by Crippen LogP contribution is 2.20. The fraction of sp³-hybridized carbons (Fsp3) is 0.190. The smallest absolute Gasteiger partial charge is 0.250 e. The van der Waals surface area contributed by atoms with Gasteiger partial charge in [-0.1, -0.05) is 41.9 Å². The van der Waals surface area contributed by atoms with Gasteiger partial charge in [-0.15, -0.1) is 11.8 Å². The van der Waals surface area contributed by atoms with Crippen LogP contribution in [0.2, 0.25) is 5.02 Å². The molecule has 0 saturated heterocycles. The average molecular weight is 413 g/mol. The van der Waals surface area contributed by atoms with Gasteiger partial charge in [0.25, 0.3) is 0 Å². The third-order valence-corrected chi connectivity index (χ3v) is 5.44.